The summed E-state index contributed by atoms with van der Waals surface area (Å²) in [6.07, 6.45) is 0.669. The predicted octanol–water partition coefficient (Wildman–Crippen LogP) is 4.09. The van der Waals surface area contributed by atoms with Crippen molar-refractivity contribution in [2.24, 2.45) is 0 Å². The van der Waals surface area contributed by atoms with Crippen LogP contribution < -0.4 is 4.90 Å². The van der Waals surface area contributed by atoms with Crippen molar-refractivity contribution in [3.05, 3.63) is 64.7 Å². The van der Waals surface area contributed by atoms with Gasteiger partial charge in [0.05, 0.1) is 5.69 Å². The minimum atomic E-state index is -0.177. The molecule has 1 aliphatic rings. The maximum absolute atomic E-state index is 12.4. The number of carbonyl (C=O) groups is 2. The first-order chi connectivity index (χ1) is 10.5. The van der Waals surface area contributed by atoms with Gasteiger partial charge in [0.2, 0.25) is 11.8 Å². The molecular weight excluding hydrogens is 298 g/mol. The first-order valence-corrected chi connectivity index (χ1v) is 7.60. The Kier molecular flexibility index (Phi) is 3.99. The van der Waals surface area contributed by atoms with Crippen LogP contribution in [-0.4, -0.2) is 11.8 Å². The van der Waals surface area contributed by atoms with Crippen LogP contribution in [0.4, 0.5) is 5.69 Å². The number of hydrogen-bond donors (Lipinski definition) is 0. The van der Waals surface area contributed by atoms with Crippen LogP contribution in [0.15, 0.2) is 48.5 Å². The van der Waals surface area contributed by atoms with Gasteiger partial charge in [-0.15, -0.1) is 0 Å². The van der Waals surface area contributed by atoms with Crippen molar-refractivity contribution in [2.45, 2.75) is 25.7 Å². The van der Waals surface area contributed by atoms with Crippen LogP contribution in [0.1, 0.15) is 29.9 Å². The summed E-state index contributed by atoms with van der Waals surface area (Å²) in [5.74, 6) is -0.399. The van der Waals surface area contributed by atoms with Gasteiger partial charge < -0.3 is 0 Å². The lowest BCUT2D eigenvalue weighted by Crippen LogP contribution is -2.42. The molecule has 1 heterocycles. The van der Waals surface area contributed by atoms with E-state index in [1.165, 1.54) is 4.90 Å². The Balaban J connectivity index is 1.84. The first-order valence-electron chi connectivity index (χ1n) is 7.22. The van der Waals surface area contributed by atoms with Gasteiger partial charge in [-0.05, 0) is 30.7 Å². The van der Waals surface area contributed by atoms with Crippen molar-refractivity contribution in [3.63, 3.8) is 0 Å². The number of amides is 2. The molecule has 2 amide bonds. The highest BCUT2D eigenvalue weighted by Gasteiger charge is 2.34. The number of carbonyl (C=O) groups excluding carboxylic acids is 2. The number of anilines is 1. The lowest BCUT2D eigenvalue weighted by Gasteiger charge is -2.30. The van der Waals surface area contributed by atoms with Crippen LogP contribution in [0.2, 0.25) is 5.02 Å². The van der Waals surface area contributed by atoms with E-state index in [2.05, 4.69) is 0 Å². The minimum absolute atomic E-state index is 0.0453. The first kappa shape index (κ1) is 14.8. The number of hydrogen-bond acceptors (Lipinski definition) is 2. The monoisotopic (exact) mass is 313 g/mol. The molecule has 112 valence electrons. The Hall–Kier alpha value is -2.13. The molecule has 2 aromatic rings. The van der Waals surface area contributed by atoms with Gasteiger partial charge in [0.1, 0.15) is 0 Å². The maximum Gasteiger partial charge on any atom is 0.234 e. The van der Waals surface area contributed by atoms with Crippen LogP contribution in [-0.2, 0) is 9.59 Å². The maximum atomic E-state index is 12.4. The van der Waals surface area contributed by atoms with E-state index in [1.54, 1.807) is 24.3 Å². The second kappa shape index (κ2) is 5.93. The summed E-state index contributed by atoms with van der Waals surface area (Å²) >= 11 is 5.95. The molecular formula is C18H16ClNO2. The van der Waals surface area contributed by atoms with Crippen molar-refractivity contribution in [1.29, 1.82) is 0 Å². The zero-order chi connectivity index (χ0) is 15.7. The molecule has 1 saturated heterocycles. The Morgan fingerprint density at radius 3 is 2.23 bits per heavy atom. The largest absolute Gasteiger partial charge is 0.274 e. The fourth-order valence-corrected chi connectivity index (χ4v) is 2.98. The predicted molar refractivity (Wildman–Crippen MR) is 87.1 cm³/mol. The van der Waals surface area contributed by atoms with E-state index in [4.69, 9.17) is 11.6 Å². The highest BCUT2D eigenvalue weighted by Crippen LogP contribution is 2.33. The fourth-order valence-electron chi connectivity index (χ4n) is 2.79. The molecule has 0 N–H and O–H groups in total. The van der Waals surface area contributed by atoms with E-state index in [1.807, 2.05) is 31.2 Å². The molecule has 0 unspecified atom stereocenters. The molecule has 0 aromatic heterocycles. The van der Waals surface area contributed by atoms with Gasteiger partial charge in [-0.25, -0.2) is 0 Å². The highest BCUT2D eigenvalue weighted by atomic mass is 35.5. The summed E-state index contributed by atoms with van der Waals surface area (Å²) in [6, 6.07) is 14.8. The van der Waals surface area contributed by atoms with Crippen LogP contribution in [0.5, 0.6) is 0 Å². The molecule has 0 aliphatic carbocycles. The third-order valence-corrected chi connectivity index (χ3v) is 4.19. The molecule has 1 fully saturated rings. The molecule has 0 saturated carbocycles. The van der Waals surface area contributed by atoms with Gasteiger partial charge in [0.15, 0.2) is 0 Å². The van der Waals surface area contributed by atoms with Crippen molar-refractivity contribution in [3.8, 4) is 0 Å². The van der Waals surface area contributed by atoms with Crippen LogP contribution in [0.25, 0.3) is 0 Å². The number of rotatable bonds is 2. The van der Waals surface area contributed by atoms with Crippen LogP contribution >= 0.6 is 11.6 Å². The standard InChI is InChI=1S/C18H16ClNO2/c1-12-5-7-13(8-6-12)14-9-17(21)20(18(22)10-14)16-4-2-3-15(19)11-16/h2-8,11,14H,9-10H2,1H3. The van der Waals surface area contributed by atoms with Crippen LogP contribution in [0.3, 0.4) is 0 Å². The normalized spacial score (nSPS) is 16.2. The topological polar surface area (TPSA) is 37.4 Å². The Labute approximate surface area is 134 Å². The lowest BCUT2D eigenvalue weighted by molar-refractivity contribution is -0.129. The highest BCUT2D eigenvalue weighted by molar-refractivity contribution is 6.31. The lowest BCUT2D eigenvalue weighted by atomic mass is 9.88. The molecule has 0 bridgehead atoms. The van der Waals surface area contributed by atoms with Gasteiger partial charge in [-0.3, -0.25) is 14.5 Å². The fraction of sp³-hybridized carbons (Fsp3) is 0.222. The van der Waals surface area contributed by atoms with Gasteiger partial charge in [-0.2, -0.15) is 0 Å². The third kappa shape index (κ3) is 2.90. The molecule has 22 heavy (non-hydrogen) atoms. The number of piperidine rings is 1. The summed E-state index contributed by atoms with van der Waals surface area (Å²) < 4.78 is 0. The Morgan fingerprint density at radius 1 is 1.00 bits per heavy atom. The van der Waals surface area contributed by atoms with Crippen molar-refractivity contribution in [1.82, 2.24) is 0 Å². The number of imide groups is 1. The zero-order valence-corrected chi connectivity index (χ0v) is 13.0. The molecule has 2 aromatic carbocycles. The molecule has 3 rings (SSSR count). The molecule has 0 spiro atoms. The summed E-state index contributed by atoms with van der Waals surface area (Å²) in [7, 11) is 0. The van der Waals surface area contributed by atoms with Crippen molar-refractivity contribution < 1.29 is 9.59 Å². The summed E-state index contributed by atoms with van der Waals surface area (Å²) in [5.41, 5.74) is 2.75. The average Bonchev–Trinajstić information content (AvgIpc) is 2.47. The number of aryl methyl sites for hydroxylation is 1. The number of benzene rings is 2. The second-order valence-corrected chi connectivity index (χ2v) is 6.06. The minimum Gasteiger partial charge on any atom is -0.274 e. The van der Waals surface area contributed by atoms with E-state index in [9.17, 15) is 9.59 Å². The quantitative estimate of drug-likeness (QED) is 0.783. The van der Waals surface area contributed by atoms with Crippen molar-refractivity contribution in [2.75, 3.05) is 4.90 Å². The summed E-state index contributed by atoms with van der Waals surface area (Å²) in [6.45, 7) is 2.02. The smallest absolute Gasteiger partial charge is 0.234 e. The Bertz CT molecular complexity index is 706. The van der Waals surface area contributed by atoms with Crippen LogP contribution in [0, 0.1) is 6.92 Å². The van der Waals surface area contributed by atoms with Gasteiger partial charge in [-0.1, -0.05) is 47.5 Å². The summed E-state index contributed by atoms with van der Waals surface area (Å²) in [4.78, 5) is 26.1. The third-order valence-electron chi connectivity index (χ3n) is 3.96. The molecule has 0 radical (unpaired) electrons. The molecule has 1 aliphatic heterocycles. The van der Waals surface area contributed by atoms with Gasteiger partial charge in [0.25, 0.3) is 0 Å². The average molecular weight is 314 g/mol. The van der Waals surface area contributed by atoms with Crippen molar-refractivity contribution >= 4 is 29.1 Å². The molecule has 3 nitrogen and oxygen atoms in total. The van der Waals surface area contributed by atoms with E-state index < -0.39 is 0 Å². The zero-order valence-electron chi connectivity index (χ0n) is 12.3. The SMILES string of the molecule is Cc1ccc(C2CC(=O)N(c3cccc(Cl)c3)C(=O)C2)cc1. The molecule has 0 atom stereocenters. The molecule has 4 heteroatoms. The number of halogens is 1. The van der Waals surface area contributed by atoms with Gasteiger partial charge >= 0.3 is 0 Å². The van der Waals surface area contributed by atoms with E-state index in [0.717, 1.165) is 11.1 Å². The second-order valence-electron chi connectivity index (χ2n) is 5.62. The Morgan fingerprint density at radius 2 is 1.64 bits per heavy atom. The van der Waals surface area contributed by atoms with E-state index in [0.29, 0.717) is 23.6 Å². The summed E-state index contributed by atoms with van der Waals surface area (Å²) in [5, 5.41) is 0.513. The van der Waals surface area contributed by atoms with E-state index in [-0.39, 0.29) is 17.7 Å². The van der Waals surface area contributed by atoms with Gasteiger partial charge in [0, 0.05) is 23.8 Å². The van der Waals surface area contributed by atoms with E-state index >= 15 is 0 Å². The number of nitrogens with zero attached hydrogens (tertiary/aromatic N) is 1.